The second-order valence-electron chi connectivity index (χ2n) is 5.50. The van der Waals surface area contributed by atoms with Gasteiger partial charge in [0.1, 0.15) is 6.54 Å². The van der Waals surface area contributed by atoms with Gasteiger partial charge in [0, 0.05) is 19.6 Å². The zero-order valence-electron chi connectivity index (χ0n) is 12.8. The summed E-state index contributed by atoms with van der Waals surface area (Å²) in [6, 6.07) is -0.168. The Balaban J connectivity index is 4.76. The highest BCUT2D eigenvalue weighted by Crippen LogP contribution is 2.09. The maximum atomic E-state index is 12.4. The standard InChI is InChI=1S/C14H28N2O3/c1-6-12(5)9-15(7-2)14(19)16(8-11(3)4)10-13(17)18/h11-12H,6-10H2,1-5H3,(H,17,18). The lowest BCUT2D eigenvalue weighted by Gasteiger charge is -2.31. The minimum atomic E-state index is -0.964. The largest absolute Gasteiger partial charge is 0.480 e. The van der Waals surface area contributed by atoms with E-state index in [1.807, 2.05) is 20.8 Å². The van der Waals surface area contributed by atoms with Crippen molar-refractivity contribution >= 4 is 12.0 Å². The molecular formula is C14H28N2O3. The number of nitrogens with zero attached hydrogens (tertiary/aromatic N) is 2. The van der Waals surface area contributed by atoms with Crippen LogP contribution in [0.4, 0.5) is 4.79 Å². The summed E-state index contributed by atoms with van der Waals surface area (Å²) in [7, 11) is 0. The summed E-state index contributed by atoms with van der Waals surface area (Å²) >= 11 is 0. The molecule has 2 amide bonds. The van der Waals surface area contributed by atoms with Crippen LogP contribution in [0.3, 0.4) is 0 Å². The van der Waals surface area contributed by atoms with Crippen molar-refractivity contribution in [1.82, 2.24) is 9.80 Å². The summed E-state index contributed by atoms with van der Waals surface area (Å²) in [5.74, 6) is -0.283. The first-order chi connectivity index (χ1) is 8.81. The Bertz CT molecular complexity index is 292. The van der Waals surface area contributed by atoms with Crippen LogP contribution >= 0.6 is 0 Å². The van der Waals surface area contributed by atoms with E-state index in [9.17, 15) is 9.59 Å². The van der Waals surface area contributed by atoms with Gasteiger partial charge < -0.3 is 14.9 Å². The second kappa shape index (κ2) is 8.77. The average Bonchev–Trinajstić information content (AvgIpc) is 2.32. The van der Waals surface area contributed by atoms with E-state index in [0.29, 0.717) is 25.6 Å². The molecule has 0 aliphatic heterocycles. The number of aliphatic carboxylic acids is 1. The Hall–Kier alpha value is -1.26. The molecule has 0 saturated heterocycles. The molecule has 0 rings (SSSR count). The third-order valence-electron chi connectivity index (χ3n) is 3.06. The SMILES string of the molecule is CCC(C)CN(CC)C(=O)N(CC(=O)O)CC(C)C. The molecule has 0 aromatic carbocycles. The van der Waals surface area contributed by atoms with Crippen molar-refractivity contribution in [2.45, 2.75) is 41.0 Å². The number of carbonyl (C=O) groups is 2. The Morgan fingerprint density at radius 3 is 2.00 bits per heavy atom. The molecule has 19 heavy (non-hydrogen) atoms. The number of carbonyl (C=O) groups excluding carboxylic acids is 1. The molecule has 0 spiro atoms. The molecule has 0 aliphatic carbocycles. The molecule has 1 unspecified atom stereocenters. The van der Waals surface area contributed by atoms with E-state index < -0.39 is 5.97 Å². The third-order valence-corrected chi connectivity index (χ3v) is 3.06. The predicted molar refractivity (Wildman–Crippen MR) is 76.1 cm³/mol. The Kier molecular flexibility index (Phi) is 8.19. The second-order valence-corrected chi connectivity index (χ2v) is 5.50. The highest BCUT2D eigenvalue weighted by Gasteiger charge is 2.23. The van der Waals surface area contributed by atoms with Crippen molar-refractivity contribution in [2.75, 3.05) is 26.2 Å². The predicted octanol–water partition coefficient (Wildman–Crippen LogP) is 2.52. The molecule has 1 N–H and O–H groups in total. The van der Waals surface area contributed by atoms with Crippen molar-refractivity contribution in [2.24, 2.45) is 11.8 Å². The lowest BCUT2D eigenvalue weighted by molar-refractivity contribution is -0.137. The molecule has 0 radical (unpaired) electrons. The minimum Gasteiger partial charge on any atom is -0.480 e. The molecule has 0 aromatic rings. The van der Waals surface area contributed by atoms with Gasteiger partial charge in [0.05, 0.1) is 0 Å². The van der Waals surface area contributed by atoms with Crippen LogP contribution in [-0.4, -0.2) is 53.1 Å². The van der Waals surface area contributed by atoms with E-state index in [-0.39, 0.29) is 18.5 Å². The zero-order valence-corrected chi connectivity index (χ0v) is 12.8. The lowest BCUT2D eigenvalue weighted by Crippen LogP contribution is -2.47. The number of urea groups is 1. The monoisotopic (exact) mass is 272 g/mol. The first kappa shape index (κ1) is 17.7. The van der Waals surface area contributed by atoms with Gasteiger partial charge in [0.15, 0.2) is 0 Å². The van der Waals surface area contributed by atoms with Crippen LogP contribution in [-0.2, 0) is 4.79 Å². The first-order valence-corrected chi connectivity index (χ1v) is 7.07. The summed E-state index contributed by atoms with van der Waals surface area (Å²) in [5, 5.41) is 8.92. The lowest BCUT2D eigenvalue weighted by atomic mass is 10.1. The zero-order chi connectivity index (χ0) is 15.0. The molecule has 0 fully saturated rings. The summed E-state index contributed by atoms with van der Waals surface area (Å²) in [4.78, 5) is 26.4. The Morgan fingerprint density at radius 1 is 1.05 bits per heavy atom. The highest BCUT2D eigenvalue weighted by atomic mass is 16.4. The van der Waals surface area contributed by atoms with E-state index >= 15 is 0 Å². The van der Waals surface area contributed by atoms with Gasteiger partial charge in [-0.1, -0.05) is 34.1 Å². The van der Waals surface area contributed by atoms with Crippen molar-refractivity contribution in [3.8, 4) is 0 Å². The molecule has 0 bridgehead atoms. The molecule has 112 valence electrons. The van der Waals surface area contributed by atoms with Gasteiger partial charge in [0.25, 0.3) is 0 Å². The van der Waals surface area contributed by atoms with E-state index in [1.165, 1.54) is 4.90 Å². The fraction of sp³-hybridized carbons (Fsp3) is 0.857. The summed E-state index contributed by atoms with van der Waals surface area (Å²) in [6.07, 6.45) is 1.01. The van der Waals surface area contributed by atoms with Gasteiger partial charge >= 0.3 is 12.0 Å². The van der Waals surface area contributed by atoms with Crippen LogP contribution in [0.15, 0.2) is 0 Å². The number of hydrogen-bond acceptors (Lipinski definition) is 2. The van der Waals surface area contributed by atoms with Gasteiger partial charge in [-0.2, -0.15) is 0 Å². The van der Waals surface area contributed by atoms with E-state index in [0.717, 1.165) is 6.42 Å². The van der Waals surface area contributed by atoms with Crippen molar-refractivity contribution in [1.29, 1.82) is 0 Å². The smallest absolute Gasteiger partial charge is 0.323 e. The molecule has 0 aromatic heterocycles. The van der Waals surface area contributed by atoms with Gasteiger partial charge in [-0.05, 0) is 18.8 Å². The number of amides is 2. The number of rotatable bonds is 8. The van der Waals surface area contributed by atoms with E-state index in [1.54, 1.807) is 4.90 Å². The Morgan fingerprint density at radius 2 is 1.63 bits per heavy atom. The molecular weight excluding hydrogens is 244 g/mol. The number of carboxylic acid groups (broad SMARTS) is 1. The van der Waals surface area contributed by atoms with Crippen LogP contribution < -0.4 is 0 Å². The molecule has 5 heteroatoms. The topological polar surface area (TPSA) is 60.9 Å². The van der Waals surface area contributed by atoms with Crippen LogP contribution in [0.2, 0.25) is 0 Å². The fourth-order valence-corrected chi connectivity index (χ4v) is 1.86. The highest BCUT2D eigenvalue weighted by molar-refractivity contribution is 5.80. The molecule has 0 saturated carbocycles. The van der Waals surface area contributed by atoms with Crippen LogP contribution in [0.5, 0.6) is 0 Å². The van der Waals surface area contributed by atoms with Crippen molar-refractivity contribution in [3.63, 3.8) is 0 Å². The fourth-order valence-electron chi connectivity index (χ4n) is 1.86. The van der Waals surface area contributed by atoms with Gasteiger partial charge in [-0.15, -0.1) is 0 Å². The maximum Gasteiger partial charge on any atom is 0.323 e. The van der Waals surface area contributed by atoms with Crippen molar-refractivity contribution < 1.29 is 14.7 Å². The Labute approximate surface area is 116 Å². The molecule has 0 aliphatic rings. The summed E-state index contributed by atoms with van der Waals surface area (Å²) in [6.45, 7) is 11.6. The summed E-state index contributed by atoms with van der Waals surface area (Å²) in [5.41, 5.74) is 0. The van der Waals surface area contributed by atoms with Gasteiger partial charge in [-0.25, -0.2) is 4.79 Å². The van der Waals surface area contributed by atoms with Crippen LogP contribution in [0.1, 0.15) is 41.0 Å². The molecule has 0 heterocycles. The summed E-state index contributed by atoms with van der Waals surface area (Å²) < 4.78 is 0. The minimum absolute atomic E-state index is 0.168. The molecule has 5 nitrogen and oxygen atoms in total. The average molecular weight is 272 g/mol. The first-order valence-electron chi connectivity index (χ1n) is 7.07. The normalized spacial score (nSPS) is 12.3. The third kappa shape index (κ3) is 7.03. The van der Waals surface area contributed by atoms with Crippen LogP contribution in [0, 0.1) is 11.8 Å². The quantitative estimate of drug-likeness (QED) is 0.738. The number of hydrogen-bond donors (Lipinski definition) is 1. The van der Waals surface area contributed by atoms with E-state index in [4.69, 9.17) is 5.11 Å². The van der Waals surface area contributed by atoms with Gasteiger partial charge in [0.2, 0.25) is 0 Å². The van der Waals surface area contributed by atoms with Gasteiger partial charge in [-0.3, -0.25) is 4.79 Å². The number of carboxylic acids is 1. The molecule has 1 atom stereocenters. The maximum absolute atomic E-state index is 12.4. The van der Waals surface area contributed by atoms with Crippen molar-refractivity contribution in [3.05, 3.63) is 0 Å². The van der Waals surface area contributed by atoms with E-state index in [2.05, 4.69) is 13.8 Å². The van der Waals surface area contributed by atoms with Crippen LogP contribution in [0.25, 0.3) is 0 Å².